The monoisotopic (exact) mass is 1090 g/mol. The van der Waals surface area contributed by atoms with E-state index in [4.69, 9.17) is 14.2 Å². The van der Waals surface area contributed by atoms with E-state index in [0.29, 0.717) is 19.3 Å². The number of hydrogen-bond acceptors (Lipinski definition) is 6. The van der Waals surface area contributed by atoms with Crippen LogP contribution in [-0.4, -0.2) is 37.2 Å². The molecule has 0 fully saturated rings. The molecular formula is C72H132O6. The third-order valence-corrected chi connectivity index (χ3v) is 15.6. The van der Waals surface area contributed by atoms with Crippen LogP contribution >= 0.6 is 0 Å². The second-order valence-electron chi connectivity index (χ2n) is 23.4. The molecule has 6 heteroatoms. The number of rotatable bonds is 64. The maximum Gasteiger partial charge on any atom is 0.306 e. The second kappa shape index (κ2) is 66.9. The van der Waals surface area contributed by atoms with E-state index in [9.17, 15) is 14.4 Å². The summed E-state index contributed by atoms with van der Waals surface area (Å²) < 4.78 is 17.0. The lowest BCUT2D eigenvalue weighted by Gasteiger charge is -2.18. The van der Waals surface area contributed by atoms with Crippen molar-refractivity contribution in [1.29, 1.82) is 0 Å². The zero-order valence-corrected chi connectivity index (χ0v) is 52.5. The van der Waals surface area contributed by atoms with Gasteiger partial charge in [0.05, 0.1) is 0 Å². The van der Waals surface area contributed by atoms with Gasteiger partial charge in [-0.3, -0.25) is 14.4 Å². The number of hydrogen-bond donors (Lipinski definition) is 0. The van der Waals surface area contributed by atoms with Crippen molar-refractivity contribution in [3.63, 3.8) is 0 Å². The van der Waals surface area contributed by atoms with Crippen LogP contribution in [0.1, 0.15) is 374 Å². The number of esters is 3. The topological polar surface area (TPSA) is 78.9 Å². The smallest absolute Gasteiger partial charge is 0.306 e. The van der Waals surface area contributed by atoms with Crippen LogP contribution in [0.2, 0.25) is 0 Å². The zero-order chi connectivity index (χ0) is 56.4. The Hall–Kier alpha value is -2.63. The van der Waals surface area contributed by atoms with E-state index in [2.05, 4.69) is 69.4 Å². The van der Waals surface area contributed by atoms with Gasteiger partial charge in [0.15, 0.2) is 6.10 Å². The molecule has 0 aromatic heterocycles. The molecule has 78 heavy (non-hydrogen) atoms. The number of unbranched alkanes of at least 4 members (excludes halogenated alkanes) is 45. The minimum Gasteiger partial charge on any atom is -0.462 e. The van der Waals surface area contributed by atoms with E-state index in [0.717, 1.165) is 83.5 Å². The van der Waals surface area contributed by atoms with Gasteiger partial charge in [-0.25, -0.2) is 0 Å². The van der Waals surface area contributed by atoms with Crippen LogP contribution in [0.5, 0.6) is 0 Å². The molecule has 0 aromatic rings. The molecule has 0 aliphatic heterocycles. The highest BCUT2D eigenvalue weighted by Crippen LogP contribution is 2.18. The molecule has 0 aliphatic carbocycles. The molecule has 0 saturated heterocycles. The minimum absolute atomic E-state index is 0.0677. The summed E-state index contributed by atoms with van der Waals surface area (Å²) in [5.74, 6) is -0.845. The first-order chi connectivity index (χ1) is 38.5. The fraction of sp³-hybridized carbons (Fsp3) is 0.847. The molecule has 0 aliphatic rings. The van der Waals surface area contributed by atoms with Crippen molar-refractivity contribution >= 4 is 17.9 Å². The van der Waals surface area contributed by atoms with Crippen LogP contribution in [0.4, 0.5) is 0 Å². The fourth-order valence-electron chi connectivity index (χ4n) is 10.4. The predicted octanol–water partition coefficient (Wildman–Crippen LogP) is 23.7. The van der Waals surface area contributed by atoms with Gasteiger partial charge in [-0.05, 0) is 57.8 Å². The normalized spacial score (nSPS) is 12.3. The van der Waals surface area contributed by atoms with Crippen molar-refractivity contribution in [2.24, 2.45) is 0 Å². The summed E-state index contributed by atoms with van der Waals surface area (Å²) in [6.07, 6.45) is 84.3. The average molecular weight is 1090 g/mol. The van der Waals surface area contributed by atoms with Crippen molar-refractivity contribution in [3.8, 4) is 0 Å². The number of ether oxygens (including phenoxy) is 3. The largest absolute Gasteiger partial charge is 0.462 e. The van der Waals surface area contributed by atoms with Gasteiger partial charge < -0.3 is 14.2 Å². The molecule has 6 nitrogen and oxygen atoms in total. The lowest BCUT2D eigenvalue weighted by Crippen LogP contribution is -2.30. The molecule has 0 saturated carbocycles. The first-order valence-corrected chi connectivity index (χ1v) is 34.6. The Morgan fingerprint density at radius 1 is 0.269 bits per heavy atom. The summed E-state index contributed by atoms with van der Waals surface area (Å²) >= 11 is 0. The predicted molar refractivity (Wildman–Crippen MR) is 339 cm³/mol. The standard InChI is InChI=1S/C72H132O6/c1-4-7-10-13-16-19-22-24-26-28-30-32-34-36-38-40-42-44-46-48-50-53-56-59-62-65-71(74)77-68-69(67-76-70(73)64-61-58-55-52-21-18-15-12-9-6-3)78-72(75)66-63-60-57-54-51-49-47-45-43-41-39-37-35-33-31-29-27-25-23-20-17-14-11-8-5-2/h7,10,16,19,24,26,30,32,69H,4-6,8-9,11-15,17-18,20-23,25,27-29,31,33-68H2,1-3H3/b10-7-,19-16-,26-24-,32-30-. The van der Waals surface area contributed by atoms with Crippen molar-refractivity contribution in [1.82, 2.24) is 0 Å². The van der Waals surface area contributed by atoms with Gasteiger partial charge in [0.1, 0.15) is 13.2 Å². The molecule has 0 rings (SSSR count). The molecule has 0 spiro atoms. The van der Waals surface area contributed by atoms with Gasteiger partial charge in [-0.15, -0.1) is 0 Å². The van der Waals surface area contributed by atoms with Crippen LogP contribution in [0.15, 0.2) is 48.6 Å². The van der Waals surface area contributed by atoms with Crippen LogP contribution in [-0.2, 0) is 28.6 Å². The van der Waals surface area contributed by atoms with Gasteiger partial charge in [0, 0.05) is 19.3 Å². The first-order valence-electron chi connectivity index (χ1n) is 34.6. The summed E-state index contributed by atoms with van der Waals surface area (Å²) in [6.45, 7) is 6.58. The first kappa shape index (κ1) is 75.4. The van der Waals surface area contributed by atoms with Crippen LogP contribution in [0.3, 0.4) is 0 Å². The maximum absolute atomic E-state index is 12.9. The summed E-state index contributed by atoms with van der Waals surface area (Å²) in [5.41, 5.74) is 0. The van der Waals surface area contributed by atoms with Crippen molar-refractivity contribution in [3.05, 3.63) is 48.6 Å². The molecular weight excluding hydrogens is 961 g/mol. The van der Waals surface area contributed by atoms with Gasteiger partial charge in [0.25, 0.3) is 0 Å². The molecule has 0 aromatic carbocycles. The van der Waals surface area contributed by atoms with Gasteiger partial charge >= 0.3 is 17.9 Å². The highest BCUT2D eigenvalue weighted by molar-refractivity contribution is 5.71. The van der Waals surface area contributed by atoms with Gasteiger partial charge in [0.2, 0.25) is 0 Å². The summed E-state index contributed by atoms with van der Waals surface area (Å²) in [4.78, 5) is 38.3. The van der Waals surface area contributed by atoms with Crippen molar-refractivity contribution < 1.29 is 28.6 Å². The Morgan fingerprint density at radius 2 is 0.500 bits per heavy atom. The lowest BCUT2D eigenvalue weighted by molar-refractivity contribution is -0.167. The van der Waals surface area contributed by atoms with Crippen LogP contribution < -0.4 is 0 Å². The average Bonchev–Trinajstić information content (AvgIpc) is 3.44. The Kier molecular flexibility index (Phi) is 64.6. The van der Waals surface area contributed by atoms with Gasteiger partial charge in [-0.2, -0.15) is 0 Å². The third-order valence-electron chi connectivity index (χ3n) is 15.6. The highest BCUT2D eigenvalue weighted by Gasteiger charge is 2.19. The Bertz CT molecular complexity index is 1350. The summed E-state index contributed by atoms with van der Waals surface area (Å²) in [5, 5.41) is 0. The maximum atomic E-state index is 12.9. The van der Waals surface area contributed by atoms with Gasteiger partial charge in [-0.1, -0.05) is 345 Å². The van der Waals surface area contributed by atoms with Crippen LogP contribution in [0.25, 0.3) is 0 Å². The molecule has 0 radical (unpaired) electrons. The molecule has 0 amide bonds. The number of carbonyl (C=O) groups is 3. The van der Waals surface area contributed by atoms with E-state index < -0.39 is 6.10 Å². The molecule has 0 bridgehead atoms. The zero-order valence-electron chi connectivity index (χ0n) is 52.5. The summed E-state index contributed by atoms with van der Waals surface area (Å²) in [7, 11) is 0. The SMILES string of the molecule is CC/C=C\C/C=C\C/C=C\C/C=C\CCCCCCCCCCCCCCC(=O)OCC(COC(=O)CCCCCCCCCCCC)OC(=O)CCCCCCCCCCCCCCCCCCCCCCCCCCC. The van der Waals surface area contributed by atoms with Crippen molar-refractivity contribution in [2.75, 3.05) is 13.2 Å². The molecule has 0 N–H and O–H groups in total. The fourth-order valence-corrected chi connectivity index (χ4v) is 10.4. The van der Waals surface area contributed by atoms with Crippen LogP contribution in [0, 0.1) is 0 Å². The van der Waals surface area contributed by atoms with E-state index in [1.54, 1.807) is 0 Å². The van der Waals surface area contributed by atoms with E-state index in [-0.39, 0.29) is 31.1 Å². The van der Waals surface area contributed by atoms with E-state index in [1.807, 2.05) is 0 Å². The Balaban J connectivity index is 4.16. The second-order valence-corrected chi connectivity index (χ2v) is 23.4. The Labute approximate surface area is 486 Å². The number of allylic oxidation sites excluding steroid dienone is 8. The third kappa shape index (κ3) is 64.2. The minimum atomic E-state index is -0.770. The molecule has 0 heterocycles. The molecule has 456 valence electrons. The summed E-state index contributed by atoms with van der Waals surface area (Å²) in [6, 6.07) is 0. The molecule has 1 unspecified atom stereocenters. The van der Waals surface area contributed by atoms with Crippen molar-refractivity contribution in [2.45, 2.75) is 380 Å². The van der Waals surface area contributed by atoms with E-state index >= 15 is 0 Å². The van der Waals surface area contributed by atoms with E-state index in [1.165, 1.54) is 250 Å². The quantitative estimate of drug-likeness (QED) is 0.0261. The lowest BCUT2D eigenvalue weighted by atomic mass is 10.0. The molecule has 1 atom stereocenters. The Morgan fingerprint density at radius 3 is 0.782 bits per heavy atom. The number of carbonyl (C=O) groups excluding carboxylic acids is 3. The highest BCUT2D eigenvalue weighted by atomic mass is 16.6.